The molecule has 0 unspecified atom stereocenters. The molecule has 1 saturated carbocycles. The maximum Gasteiger partial charge on any atom is 0.147 e. The Labute approximate surface area is 132 Å². The molecule has 3 rings (SSSR count). The van der Waals surface area contributed by atoms with E-state index in [1.54, 1.807) is 11.3 Å². The summed E-state index contributed by atoms with van der Waals surface area (Å²) >= 11 is 5.27. The van der Waals surface area contributed by atoms with Crippen LogP contribution in [0.1, 0.15) is 29.8 Å². The van der Waals surface area contributed by atoms with Crippen LogP contribution in [0.15, 0.2) is 22.7 Å². The molecule has 0 radical (unpaired) electrons. The van der Waals surface area contributed by atoms with Crippen molar-refractivity contribution in [1.29, 1.82) is 0 Å². The fourth-order valence-corrected chi connectivity index (χ4v) is 3.29. The molecule has 1 aromatic carbocycles. The van der Waals surface area contributed by atoms with Crippen molar-refractivity contribution in [2.24, 2.45) is 0 Å². The number of nitrogens with one attached hydrogen (secondary N) is 1. The van der Waals surface area contributed by atoms with Crippen LogP contribution in [0.25, 0.3) is 10.6 Å². The minimum Gasteiger partial charge on any atom is -0.314 e. The highest BCUT2D eigenvalue weighted by molar-refractivity contribution is 9.10. The van der Waals surface area contributed by atoms with Gasteiger partial charge in [-0.3, -0.25) is 0 Å². The van der Waals surface area contributed by atoms with E-state index < -0.39 is 0 Å². The molecule has 0 saturated heterocycles. The van der Waals surface area contributed by atoms with E-state index >= 15 is 0 Å². The van der Waals surface area contributed by atoms with Crippen LogP contribution in [-0.4, -0.2) is 22.8 Å². The lowest BCUT2D eigenvalue weighted by molar-refractivity contribution is 0.643. The monoisotopic (exact) mass is 351 g/mol. The van der Waals surface area contributed by atoms with Gasteiger partial charge in [-0.15, -0.1) is 10.2 Å². The summed E-state index contributed by atoms with van der Waals surface area (Å²) in [6, 6.07) is 7.14. The van der Waals surface area contributed by atoms with Crippen molar-refractivity contribution in [3.05, 3.63) is 33.2 Å². The zero-order chi connectivity index (χ0) is 13.9. The first-order valence-electron chi connectivity index (χ1n) is 7.04. The van der Waals surface area contributed by atoms with E-state index in [4.69, 9.17) is 0 Å². The lowest BCUT2D eigenvalue weighted by Gasteiger charge is -2.00. The largest absolute Gasteiger partial charge is 0.314 e. The molecule has 0 aliphatic heterocycles. The third-order valence-corrected chi connectivity index (χ3v) is 5.35. The lowest BCUT2D eigenvalue weighted by atomic mass is 10.2. The van der Waals surface area contributed by atoms with Gasteiger partial charge in [0.15, 0.2) is 0 Å². The van der Waals surface area contributed by atoms with Gasteiger partial charge in [0.25, 0.3) is 0 Å². The van der Waals surface area contributed by atoms with Gasteiger partial charge in [0.05, 0.1) is 0 Å². The maximum atomic E-state index is 4.31. The Balaban J connectivity index is 1.58. The average molecular weight is 352 g/mol. The number of benzene rings is 1. The molecule has 0 atom stereocenters. The van der Waals surface area contributed by atoms with Gasteiger partial charge in [0, 0.05) is 22.5 Å². The number of halogens is 1. The lowest BCUT2D eigenvalue weighted by Crippen LogP contribution is -2.17. The quantitative estimate of drug-likeness (QED) is 0.800. The van der Waals surface area contributed by atoms with Gasteiger partial charge < -0.3 is 5.32 Å². The Morgan fingerprint density at radius 2 is 2.20 bits per heavy atom. The van der Waals surface area contributed by atoms with E-state index in [2.05, 4.69) is 56.6 Å². The summed E-state index contributed by atoms with van der Waals surface area (Å²) < 4.78 is 1.13. The summed E-state index contributed by atoms with van der Waals surface area (Å²) in [4.78, 5) is 0. The second-order valence-electron chi connectivity index (χ2n) is 5.30. The second kappa shape index (κ2) is 6.33. The van der Waals surface area contributed by atoms with Crippen molar-refractivity contribution < 1.29 is 0 Å². The van der Waals surface area contributed by atoms with Crippen LogP contribution in [0.3, 0.4) is 0 Å². The van der Waals surface area contributed by atoms with Crippen LogP contribution in [0.4, 0.5) is 0 Å². The van der Waals surface area contributed by atoms with Crippen molar-refractivity contribution in [3.8, 4) is 10.6 Å². The number of rotatable bonds is 6. The van der Waals surface area contributed by atoms with E-state index in [1.807, 2.05) is 0 Å². The molecule has 1 fully saturated rings. The highest BCUT2D eigenvalue weighted by atomic mass is 79.9. The predicted molar refractivity (Wildman–Crippen MR) is 87.1 cm³/mol. The van der Waals surface area contributed by atoms with Crippen LogP contribution in [0.5, 0.6) is 0 Å². The molecular weight excluding hydrogens is 334 g/mol. The van der Waals surface area contributed by atoms with Gasteiger partial charge in [-0.25, -0.2) is 0 Å². The average Bonchev–Trinajstić information content (AvgIpc) is 3.15. The summed E-state index contributed by atoms with van der Waals surface area (Å²) in [6.45, 7) is 3.18. The number of aryl methyl sites for hydroxylation is 2. The molecule has 2 aromatic rings. The molecular formula is C15H18BrN3S. The third kappa shape index (κ3) is 3.65. The predicted octanol–water partition coefficient (Wildman–Crippen LogP) is 3.96. The first kappa shape index (κ1) is 14.2. The summed E-state index contributed by atoms with van der Waals surface area (Å²) in [7, 11) is 0. The molecule has 0 bridgehead atoms. The van der Waals surface area contributed by atoms with E-state index in [0.717, 1.165) is 45.5 Å². The van der Waals surface area contributed by atoms with Crippen LogP contribution in [0, 0.1) is 6.92 Å². The first-order valence-corrected chi connectivity index (χ1v) is 8.65. The zero-order valence-corrected chi connectivity index (χ0v) is 13.9. The Kier molecular flexibility index (Phi) is 4.48. The summed E-state index contributed by atoms with van der Waals surface area (Å²) in [6.07, 6.45) is 4.86. The van der Waals surface area contributed by atoms with Gasteiger partial charge in [0.2, 0.25) is 0 Å². The van der Waals surface area contributed by atoms with E-state index in [9.17, 15) is 0 Å². The van der Waals surface area contributed by atoms with Gasteiger partial charge >= 0.3 is 0 Å². The van der Waals surface area contributed by atoms with Crippen LogP contribution in [0.2, 0.25) is 0 Å². The second-order valence-corrected chi connectivity index (χ2v) is 7.21. The molecule has 0 spiro atoms. The molecule has 106 valence electrons. The zero-order valence-electron chi connectivity index (χ0n) is 11.5. The number of nitrogens with zero attached hydrogens (tertiary/aromatic N) is 2. The van der Waals surface area contributed by atoms with E-state index in [0.29, 0.717) is 0 Å². The molecule has 3 nitrogen and oxygen atoms in total. The van der Waals surface area contributed by atoms with Crippen LogP contribution >= 0.6 is 27.3 Å². The SMILES string of the molecule is Cc1ccc(-c2nnc(CCCNC3CC3)s2)cc1Br. The molecule has 1 heterocycles. The number of hydrogen-bond donors (Lipinski definition) is 1. The van der Waals surface area contributed by atoms with Crippen molar-refractivity contribution in [2.75, 3.05) is 6.54 Å². The number of aromatic nitrogens is 2. The Morgan fingerprint density at radius 3 is 2.95 bits per heavy atom. The van der Waals surface area contributed by atoms with Crippen LogP contribution in [-0.2, 0) is 6.42 Å². The highest BCUT2D eigenvalue weighted by Gasteiger charge is 2.19. The smallest absolute Gasteiger partial charge is 0.147 e. The minimum absolute atomic E-state index is 0.796. The topological polar surface area (TPSA) is 37.8 Å². The molecule has 0 amide bonds. The van der Waals surface area contributed by atoms with Gasteiger partial charge in [0.1, 0.15) is 10.0 Å². The van der Waals surface area contributed by atoms with Crippen LogP contribution < -0.4 is 5.32 Å². The van der Waals surface area contributed by atoms with Crippen molar-refractivity contribution >= 4 is 27.3 Å². The van der Waals surface area contributed by atoms with Crippen molar-refractivity contribution in [1.82, 2.24) is 15.5 Å². The summed E-state index contributed by atoms with van der Waals surface area (Å²) in [5.74, 6) is 0. The third-order valence-electron chi connectivity index (χ3n) is 3.46. The normalized spacial score (nSPS) is 14.7. The highest BCUT2D eigenvalue weighted by Crippen LogP contribution is 2.28. The maximum absolute atomic E-state index is 4.31. The first-order chi connectivity index (χ1) is 9.72. The summed E-state index contributed by atoms with van der Waals surface area (Å²) in [5.41, 5.74) is 2.38. The standard InChI is InChI=1S/C15H18BrN3S/c1-10-4-5-11(9-13(10)16)15-19-18-14(20-15)3-2-8-17-12-6-7-12/h4-5,9,12,17H,2-3,6-8H2,1H3. The van der Waals surface area contributed by atoms with Gasteiger partial charge in [-0.05, 0) is 44.4 Å². The Hall–Kier alpha value is -0.780. The molecule has 20 heavy (non-hydrogen) atoms. The fourth-order valence-electron chi connectivity index (χ4n) is 2.03. The van der Waals surface area contributed by atoms with Gasteiger partial charge in [-0.2, -0.15) is 0 Å². The minimum atomic E-state index is 0.796. The Bertz CT molecular complexity index is 593. The molecule has 1 aromatic heterocycles. The molecule has 1 aliphatic rings. The summed E-state index contributed by atoms with van der Waals surface area (Å²) in [5, 5.41) is 14.3. The van der Waals surface area contributed by atoms with E-state index in [-0.39, 0.29) is 0 Å². The van der Waals surface area contributed by atoms with Crippen molar-refractivity contribution in [2.45, 2.75) is 38.6 Å². The molecule has 1 N–H and O–H groups in total. The molecule has 1 aliphatic carbocycles. The number of hydrogen-bond acceptors (Lipinski definition) is 4. The molecule has 5 heteroatoms. The fraction of sp³-hybridized carbons (Fsp3) is 0.467. The van der Waals surface area contributed by atoms with Gasteiger partial charge in [-0.1, -0.05) is 39.4 Å². The van der Waals surface area contributed by atoms with Crippen molar-refractivity contribution in [3.63, 3.8) is 0 Å². The van der Waals surface area contributed by atoms with E-state index in [1.165, 1.54) is 18.4 Å². The Morgan fingerprint density at radius 1 is 1.35 bits per heavy atom.